The molecule has 4 nitrogen and oxygen atoms in total. The number of fused-ring (bicyclic) bond motifs is 2. The summed E-state index contributed by atoms with van der Waals surface area (Å²) in [6, 6.07) is 11.8. The van der Waals surface area contributed by atoms with Gasteiger partial charge >= 0.3 is 6.03 Å². The number of rotatable bonds is 2. The smallest absolute Gasteiger partial charge is 0.317 e. The second-order valence-corrected chi connectivity index (χ2v) is 6.86. The molecule has 0 spiro atoms. The molecule has 0 aliphatic carbocycles. The van der Waals surface area contributed by atoms with Crippen LogP contribution in [-0.4, -0.2) is 54.1 Å². The number of piperidine rings is 3. The standard InChI is InChI=1S/C18H25N3O/c1-2-19-18(22)21-12-15(13-6-4-3-5-7-13)17-16(21)14-8-10-20(17)11-9-14/h3-7,14-17H,2,8-12H2,1H3,(H,19,22)/t15-,16+,17+/m1/s1. The zero-order valence-electron chi connectivity index (χ0n) is 13.2. The second kappa shape index (κ2) is 5.58. The maximum absolute atomic E-state index is 12.5. The third-order valence-corrected chi connectivity index (χ3v) is 5.81. The Hall–Kier alpha value is -1.55. The van der Waals surface area contributed by atoms with Crippen LogP contribution in [0.3, 0.4) is 0 Å². The van der Waals surface area contributed by atoms with E-state index in [0.29, 0.717) is 30.5 Å². The van der Waals surface area contributed by atoms with Crippen molar-refractivity contribution in [2.24, 2.45) is 5.92 Å². The number of carbonyl (C=O) groups is 1. The molecule has 4 aliphatic heterocycles. The fourth-order valence-electron chi connectivity index (χ4n) is 4.90. The molecule has 4 heteroatoms. The lowest BCUT2D eigenvalue weighted by atomic mass is 9.75. The minimum Gasteiger partial charge on any atom is -0.338 e. The van der Waals surface area contributed by atoms with Gasteiger partial charge < -0.3 is 10.2 Å². The Kier molecular flexibility index (Phi) is 3.57. The molecule has 22 heavy (non-hydrogen) atoms. The van der Waals surface area contributed by atoms with Gasteiger partial charge in [-0.05, 0) is 44.3 Å². The van der Waals surface area contributed by atoms with Crippen LogP contribution in [0.4, 0.5) is 4.79 Å². The van der Waals surface area contributed by atoms with E-state index in [4.69, 9.17) is 0 Å². The molecular formula is C18H25N3O. The lowest BCUT2D eigenvalue weighted by Gasteiger charge is -2.51. The van der Waals surface area contributed by atoms with Gasteiger partial charge in [0.1, 0.15) is 0 Å². The summed E-state index contributed by atoms with van der Waals surface area (Å²) >= 11 is 0. The number of hydrogen-bond donors (Lipinski definition) is 1. The van der Waals surface area contributed by atoms with Gasteiger partial charge in [0.15, 0.2) is 0 Å². The highest BCUT2D eigenvalue weighted by atomic mass is 16.2. The van der Waals surface area contributed by atoms with Crippen molar-refractivity contribution in [3.8, 4) is 0 Å². The lowest BCUT2D eigenvalue weighted by Crippen LogP contribution is -2.61. The second-order valence-electron chi connectivity index (χ2n) is 6.86. The normalized spacial score (nSPS) is 36.2. The molecule has 1 aromatic rings. The summed E-state index contributed by atoms with van der Waals surface area (Å²) in [5, 5.41) is 3.02. The summed E-state index contributed by atoms with van der Waals surface area (Å²) in [6.45, 7) is 5.97. The number of likely N-dealkylation sites (tertiary alicyclic amines) is 1. The molecule has 4 aliphatic rings. The van der Waals surface area contributed by atoms with Gasteiger partial charge in [-0.2, -0.15) is 0 Å². The molecule has 2 bridgehead atoms. The highest BCUT2D eigenvalue weighted by Crippen LogP contribution is 2.46. The molecule has 4 fully saturated rings. The van der Waals surface area contributed by atoms with Crippen molar-refractivity contribution in [3.63, 3.8) is 0 Å². The predicted octanol–water partition coefficient (Wildman–Crippen LogP) is 2.28. The third-order valence-electron chi connectivity index (χ3n) is 5.81. The molecule has 0 saturated carbocycles. The first kappa shape index (κ1) is 14.1. The maximum Gasteiger partial charge on any atom is 0.317 e. The molecule has 2 amide bonds. The Morgan fingerprint density at radius 2 is 1.91 bits per heavy atom. The third kappa shape index (κ3) is 2.12. The van der Waals surface area contributed by atoms with E-state index < -0.39 is 0 Å². The monoisotopic (exact) mass is 299 g/mol. The molecular weight excluding hydrogens is 274 g/mol. The Morgan fingerprint density at radius 1 is 1.18 bits per heavy atom. The highest BCUT2D eigenvalue weighted by molar-refractivity contribution is 5.75. The average molecular weight is 299 g/mol. The Balaban J connectivity index is 1.68. The average Bonchev–Trinajstić information content (AvgIpc) is 3.00. The predicted molar refractivity (Wildman–Crippen MR) is 86.8 cm³/mol. The Labute approximate surface area is 132 Å². The number of carbonyl (C=O) groups excluding carboxylic acids is 1. The molecule has 0 aromatic heterocycles. The van der Waals surface area contributed by atoms with Gasteiger partial charge in [-0.1, -0.05) is 30.3 Å². The van der Waals surface area contributed by atoms with Crippen LogP contribution in [-0.2, 0) is 0 Å². The van der Waals surface area contributed by atoms with Crippen LogP contribution < -0.4 is 5.32 Å². The van der Waals surface area contributed by atoms with E-state index in [1.54, 1.807) is 0 Å². The van der Waals surface area contributed by atoms with Gasteiger partial charge in [-0.3, -0.25) is 4.90 Å². The molecule has 118 valence electrons. The van der Waals surface area contributed by atoms with Crippen LogP contribution in [0, 0.1) is 5.92 Å². The lowest BCUT2D eigenvalue weighted by molar-refractivity contribution is 0.00360. The van der Waals surface area contributed by atoms with Crippen molar-refractivity contribution in [2.75, 3.05) is 26.2 Å². The SMILES string of the molecule is CCNC(=O)N1C[C@H](c2ccccc2)[C@H]2[C@@H]1C1CCN2CC1. The number of urea groups is 1. The molecule has 0 radical (unpaired) electrons. The van der Waals surface area contributed by atoms with E-state index >= 15 is 0 Å². The Bertz CT molecular complexity index is 539. The van der Waals surface area contributed by atoms with Crippen LogP contribution in [0.2, 0.25) is 0 Å². The molecule has 4 saturated heterocycles. The van der Waals surface area contributed by atoms with E-state index in [-0.39, 0.29) is 6.03 Å². The zero-order chi connectivity index (χ0) is 15.1. The summed E-state index contributed by atoms with van der Waals surface area (Å²) in [5.41, 5.74) is 1.39. The van der Waals surface area contributed by atoms with Crippen LogP contribution in [0.15, 0.2) is 30.3 Å². The maximum atomic E-state index is 12.5. The van der Waals surface area contributed by atoms with Crippen molar-refractivity contribution >= 4 is 6.03 Å². The molecule has 1 aromatic carbocycles. The van der Waals surface area contributed by atoms with Gasteiger partial charge in [-0.25, -0.2) is 4.79 Å². The van der Waals surface area contributed by atoms with Crippen LogP contribution in [0.5, 0.6) is 0 Å². The first-order valence-electron chi connectivity index (χ1n) is 8.63. The minimum absolute atomic E-state index is 0.129. The zero-order valence-corrected chi connectivity index (χ0v) is 13.2. The molecule has 5 rings (SSSR count). The van der Waals surface area contributed by atoms with E-state index in [9.17, 15) is 4.79 Å². The first-order chi connectivity index (χ1) is 10.8. The van der Waals surface area contributed by atoms with Gasteiger partial charge in [-0.15, -0.1) is 0 Å². The van der Waals surface area contributed by atoms with Gasteiger partial charge in [0.25, 0.3) is 0 Å². The number of hydrogen-bond acceptors (Lipinski definition) is 2. The number of nitrogens with zero attached hydrogens (tertiary/aromatic N) is 2. The van der Waals surface area contributed by atoms with E-state index in [0.717, 1.165) is 6.54 Å². The van der Waals surface area contributed by atoms with Crippen LogP contribution in [0.1, 0.15) is 31.2 Å². The highest BCUT2D eigenvalue weighted by Gasteiger charge is 2.54. The van der Waals surface area contributed by atoms with Crippen LogP contribution >= 0.6 is 0 Å². The van der Waals surface area contributed by atoms with E-state index in [1.807, 2.05) is 6.92 Å². The van der Waals surface area contributed by atoms with Crippen molar-refractivity contribution < 1.29 is 4.79 Å². The number of nitrogens with one attached hydrogen (secondary N) is 1. The van der Waals surface area contributed by atoms with Crippen molar-refractivity contribution in [1.82, 2.24) is 15.1 Å². The summed E-state index contributed by atoms with van der Waals surface area (Å²) in [5.74, 6) is 1.14. The van der Waals surface area contributed by atoms with Crippen molar-refractivity contribution in [1.29, 1.82) is 0 Å². The fourth-order valence-corrected chi connectivity index (χ4v) is 4.90. The summed E-state index contributed by atoms with van der Waals surface area (Å²) in [4.78, 5) is 17.3. The van der Waals surface area contributed by atoms with Crippen molar-refractivity contribution in [2.45, 2.75) is 37.8 Å². The van der Waals surface area contributed by atoms with Crippen LogP contribution in [0.25, 0.3) is 0 Å². The van der Waals surface area contributed by atoms with E-state index in [2.05, 4.69) is 45.4 Å². The fraction of sp³-hybridized carbons (Fsp3) is 0.611. The molecule has 0 unspecified atom stereocenters. The van der Waals surface area contributed by atoms with E-state index in [1.165, 1.54) is 31.5 Å². The molecule has 1 N–H and O–H groups in total. The first-order valence-corrected chi connectivity index (χ1v) is 8.63. The minimum atomic E-state index is 0.129. The topological polar surface area (TPSA) is 35.6 Å². The summed E-state index contributed by atoms with van der Waals surface area (Å²) < 4.78 is 0. The van der Waals surface area contributed by atoms with Gasteiger partial charge in [0.2, 0.25) is 0 Å². The molecule has 4 heterocycles. The summed E-state index contributed by atoms with van der Waals surface area (Å²) in [7, 11) is 0. The quantitative estimate of drug-likeness (QED) is 0.909. The molecule has 3 atom stereocenters. The van der Waals surface area contributed by atoms with Crippen molar-refractivity contribution in [3.05, 3.63) is 35.9 Å². The largest absolute Gasteiger partial charge is 0.338 e. The summed E-state index contributed by atoms with van der Waals surface area (Å²) in [6.07, 6.45) is 2.50. The van der Waals surface area contributed by atoms with Gasteiger partial charge in [0.05, 0.1) is 6.04 Å². The van der Waals surface area contributed by atoms with Gasteiger partial charge in [0, 0.05) is 25.0 Å². The number of benzene rings is 1. The number of amides is 2. The Morgan fingerprint density at radius 3 is 2.59 bits per heavy atom.